The van der Waals surface area contributed by atoms with E-state index in [1.54, 1.807) is 0 Å². The van der Waals surface area contributed by atoms with Gasteiger partial charge in [0, 0.05) is 12.6 Å². The molecule has 2 rings (SSSR count). The van der Waals surface area contributed by atoms with E-state index in [9.17, 15) is 0 Å². The van der Waals surface area contributed by atoms with E-state index in [0.717, 1.165) is 6.54 Å². The van der Waals surface area contributed by atoms with Gasteiger partial charge in [-0.05, 0) is 44.5 Å². The first-order chi connectivity index (χ1) is 8.66. The predicted molar refractivity (Wildman–Crippen MR) is 75.4 cm³/mol. The second kappa shape index (κ2) is 6.55. The summed E-state index contributed by atoms with van der Waals surface area (Å²) in [6, 6.07) is 0.468. The first-order valence-electron chi connectivity index (χ1n) is 6.33. The summed E-state index contributed by atoms with van der Waals surface area (Å²) in [5.74, 6) is 0.612. The molecular formula is C12H18Cl2N4. The Bertz CT molecular complexity index is 394. The van der Waals surface area contributed by atoms with Gasteiger partial charge in [-0.2, -0.15) is 4.98 Å². The zero-order chi connectivity index (χ0) is 13.0. The minimum Gasteiger partial charge on any atom is -0.367 e. The van der Waals surface area contributed by atoms with Crippen molar-refractivity contribution in [2.45, 2.75) is 32.2 Å². The highest BCUT2D eigenvalue weighted by Crippen LogP contribution is 2.20. The minimum absolute atomic E-state index is 0.215. The van der Waals surface area contributed by atoms with Crippen molar-refractivity contribution in [3.63, 3.8) is 0 Å². The van der Waals surface area contributed by atoms with Crippen LogP contribution in [0, 0.1) is 0 Å². The third-order valence-electron chi connectivity index (χ3n) is 3.29. The molecule has 18 heavy (non-hydrogen) atoms. The van der Waals surface area contributed by atoms with Crippen LogP contribution in [0.2, 0.25) is 10.3 Å². The molecule has 1 aliphatic heterocycles. The number of halogens is 2. The summed E-state index contributed by atoms with van der Waals surface area (Å²) in [6.45, 7) is 5.39. The molecule has 0 spiro atoms. The van der Waals surface area contributed by atoms with Crippen LogP contribution in [0.3, 0.4) is 0 Å². The van der Waals surface area contributed by atoms with Gasteiger partial charge < -0.3 is 5.32 Å². The molecule has 0 amide bonds. The van der Waals surface area contributed by atoms with Crippen LogP contribution >= 0.6 is 23.2 Å². The minimum atomic E-state index is 0.215. The molecule has 0 saturated carbocycles. The highest BCUT2D eigenvalue weighted by Gasteiger charge is 2.16. The van der Waals surface area contributed by atoms with Crippen LogP contribution in [0.25, 0.3) is 0 Å². The maximum Gasteiger partial charge on any atom is 0.224 e. The first kappa shape index (κ1) is 13.8. The molecule has 4 nitrogen and oxygen atoms in total. The number of likely N-dealkylation sites (tertiary alicyclic amines) is 1. The van der Waals surface area contributed by atoms with Crippen molar-refractivity contribution in [1.82, 2.24) is 14.9 Å². The van der Waals surface area contributed by atoms with Crippen LogP contribution in [0.4, 0.5) is 5.82 Å². The Kier molecular flexibility index (Phi) is 5.03. The van der Waals surface area contributed by atoms with Crippen LogP contribution in [-0.4, -0.2) is 40.5 Å². The van der Waals surface area contributed by atoms with Crippen molar-refractivity contribution in [1.29, 1.82) is 0 Å². The summed E-state index contributed by atoms with van der Waals surface area (Å²) >= 11 is 11.8. The monoisotopic (exact) mass is 288 g/mol. The summed E-state index contributed by atoms with van der Waals surface area (Å²) in [4.78, 5) is 10.4. The number of anilines is 1. The van der Waals surface area contributed by atoms with Gasteiger partial charge in [0.1, 0.15) is 10.8 Å². The standard InChI is InChI=1S/C12H18Cl2N4/c1-9(18-5-3-2-4-6-18)7-15-11-10(13)8-16-12(14)17-11/h8-9H,2-7H2,1H3,(H,15,16,17). The van der Waals surface area contributed by atoms with Gasteiger partial charge in [-0.3, -0.25) is 4.90 Å². The Hall–Kier alpha value is -0.580. The van der Waals surface area contributed by atoms with Gasteiger partial charge in [0.05, 0.1) is 6.20 Å². The van der Waals surface area contributed by atoms with Crippen LogP contribution in [0.1, 0.15) is 26.2 Å². The molecular weight excluding hydrogens is 271 g/mol. The quantitative estimate of drug-likeness (QED) is 0.865. The average Bonchev–Trinajstić information content (AvgIpc) is 2.40. The second-order valence-electron chi connectivity index (χ2n) is 4.66. The largest absolute Gasteiger partial charge is 0.367 e. The van der Waals surface area contributed by atoms with E-state index in [-0.39, 0.29) is 5.28 Å². The maximum absolute atomic E-state index is 6.01. The molecule has 1 aliphatic rings. The molecule has 1 unspecified atom stereocenters. The highest BCUT2D eigenvalue weighted by molar-refractivity contribution is 6.33. The number of hydrogen-bond donors (Lipinski definition) is 1. The highest BCUT2D eigenvalue weighted by atomic mass is 35.5. The zero-order valence-electron chi connectivity index (χ0n) is 10.5. The molecule has 0 bridgehead atoms. The Morgan fingerprint density at radius 1 is 1.33 bits per heavy atom. The predicted octanol–water partition coefficient (Wildman–Crippen LogP) is 3.07. The van der Waals surface area contributed by atoms with E-state index in [1.807, 2.05) is 0 Å². The Balaban J connectivity index is 1.88. The van der Waals surface area contributed by atoms with Gasteiger partial charge in [0.25, 0.3) is 0 Å². The molecule has 1 fully saturated rings. The molecule has 2 heterocycles. The fourth-order valence-electron chi connectivity index (χ4n) is 2.20. The lowest BCUT2D eigenvalue weighted by Crippen LogP contribution is -2.41. The fourth-order valence-corrected chi connectivity index (χ4v) is 2.49. The number of nitrogens with zero attached hydrogens (tertiary/aromatic N) is 3. The summed E-state index contributed by atoms with van der Waals surface area (Å²) < 4.78 is 0. The molecule has 0 aliphatic carbocycles. The summed E-state index contributed by atoms with van der Waals surface area (Å²) in [5, 5.41) is 3.96. The zero-order valence-corrected chi connectivity index (χ0v) is 12.0. The van der Waals surface area contributed by atoms with Crippen LogP contribution in [-0.2, 0) is 0 Å². The molecule has 1 saturated heterocycles. The lowest BCUT2D eigenvalue weighted by molar-refractivity contribution is 0.180. The van der Waals surface area contributed by atoms with Crippen molar-refractivity contribution < 1.29 is 0 Å². The average molecular weight is 289 g/mol. The van der Waals surface area contributed by atoms with E-state index in [4.69, 9.17) is 23.2 Å². The van der Waals surface area contributed by atoms with E-state index in [1.165, 1.54) is 38.5 Å². The van der Waals surface area contributed by atoms with Gasteiger partial charge in [-0.25, -0.2) is 4.98 Å². The summed E-state index contributed by atoms with van der Waals surface area (Å²) in [6.07, 6.45) is 5.46. The van der Waals surface area contributed by atoms with E-state index < -0.39 is 0 Å². The van der Waals surface area contributed by atoms with Crippen molar-refractivity contribution in [2.75, 3.05) is 25.0 Å². The molecule has 100 valence electrons. The number of nitrogens with one attached hydrogen (secondary N) is 1. The fraction of sp³-hybridized carbons (Fsp3) is 0.667. The first-order valence-corrected chi connectivity index (χ1v) is 7.08. The van der Waals surface area contributed by atoms with Crippen LogP contribution in [0.5, 0.6) is 0 Å². The lowest BCUT2D eigenvalue weighted by atomic mass is 10.1. The molecule has 6 heteroatoms. The normalized spacial score (nSPS) is 18.6. The molecule has 1 aromatic heterocycles. The van der Waals surface area contributed by atoms with Crippen molar-refractivity contribution in [3.05, 3.63) is 16.5 Å². The number of hydrogen-bond acceptors (Lipinski definition) is 4. The third kappa shape index (κ3) is 3.70. The molecule has 0 aromatic carbocycles. The van der Waals surface area contributed by atoms with Gasteiger partial charge in [0.2, 0.25) is 5.28 Å². The summed E-state index contributed by atoms with van der Waals surface area (Å²) in [7, 11) is 0. The lowest BCUT2D eigenvalue weighted by Gasteiger charge is -2.32. The Morgan fingerprint density at radius 2 is 2.06 bits per heavy atom. The molecule has 1 N–H and O–H groups in total. The smallest absolute Gasteiger partial charge is 0.224 e. The van der Waals surface area contributed by atoms with Crippen molar-refractivity contribution in [2.24, 2.45) is 0 Å². The maximum atomic E-state index is 6.01. The topological polar surface area (TPSA) is 41.1 Å². The Labute approximate surface area is 118 Å². The SMILES string of the molecule is CC(CNc1nc(Cl)ncc1Cl)N1CCCCC1. The van der Waals surface area contributed by atoms with Gasteiger partial charge >= 0.3 is 0 Å². The third-order valence-corrected chi connectivity index (χ3v) is 3.75. The Morgan fingerprint density at radius 3 is 2.78 bits per heavy atom. The number of rotatable bonds is 4. The molecule has 0 radical (unpaired) electrons. The van der Waals surface area contributed by atoms with Gasteiger partial charge in [0.15, 0.2) is 0 Å². The van der Waals surface area contributed by atoms with Gasteiger partial charge in [-0.1, -0.05) is 18.0 Å². The van der Waals surface area contributed by atoms with Crippen LogP contribution < -0.4 is 5.32 Å². The van der Waals surface area contributed by atoms with E-state index in [0.29, 0.717) is 16.9 Å². The summed E-state index contributed by atoms with van der Waals surface area (Å²) in [5.41, 5.74) is 0. The van der Waals surface area contributed by atoms with Gasteiger partial charge in [-0.15, -0.1) is 0 Å². The number of piperidine rings is 1. The van der Waals surface area contributed by atoms with Crippen molar-refractivity contribution in [3.8, 4) is 0 Å². The van der Waals surface area contributed by atoms with Crippen molar-refractivity contribution >= 4 is 29.0 Å². The second-order valence-corrected chi connectivity index (χ2v) is 5.41. The number of aromatic nitrogens is 2. The molecule has 1 aromatic rings. The van der Waals surface area contributed by atoms with E-state index >= 15 is 0 Å². The van der Waals surface area contributed by atoms with E-state index in [2.05, 4.69) is 27.1 Å². The van der Waals surface area contributed by atoms with Crippen LogP contribution in [0.15, 0.2) is 6.20 Å². The molecule has 1 atom stereocenters.